The number of anilines is 1. The monoisotopic (exact) mass is 253 g/mol. The predicted octanol–water partition coefficient (Wildman–Crippen LogP) is 1.39. The van der Waals surface area contributed by atoms with Crippen LogP contribution in [0.3, 0.4) is 0 Å². The lowest BCUT2D eigenvalue weighted by Crippen LogP contribution is -2.10. The van der Waals surface area contributed by atoms with E-state index in [9.17, 15) is 9.59 Å². The molecule has 0 aromatic carbocycles. The van der Waals surface area contributed by atoms with Gasteiger partial charge in [0.2, 0.25) is 5.89 Å². The SMILES string of the molecule is Cc1nnc(NC(=O)c2ccc(C(=O)O)s2)o1. The Morgan fingerprint density at radius 1 is 1.35 bits per heavy atom. The number of aromatic carboxylic acids is 1. The fourth-order valence-corrected chi connectivity index (χ4v) is 1.82. The first-order chi connectivity index (χ1) is 8.06. The second-order valence-electron chi connectivity index (χ2n) is 3.05. The highest BCUT2D eigenvalue weighted by molar-refractivity contribution is 7.15. The van der Waals surface area contributed by atoms with Gasteiger partial charge in [0.15, 0.2) is 0 Å². The number of carbonyl (C=O) groups excluding carboxylic acids is 1. The largest absolute Gasteiger partial charge is 0.477 e. The first-order valence-corrected chi connectivity index (χ1v) is 5.32. The average molecular weight is 253 g/mol. The summed E-state index contributed by atoms with van der Waals surface area (Å²) < 4.78 is 4.96. The summed E-state index contributed by atoms with van der Waals surface area (Å²) in [7, 11) is 0. The van der Waals surface area contributed by atoms with E-state index in [0.29, 0.717) is 5.89 Å². The Balaban J connectivity index is 2.11. The van der Waals surface area contributed by atoms with Crippen LogP contribution in [0.15, 0.2) is 16.5 Å². The molecule has 17 heavy (non-hydrogen) atoms. The Kier molecular flexibility index (Phi) is 2.88. The Morgan fingerprint density at radius 2 is 2.06 bits per heavy atom. The van der Waals surface area contributed by atoms with Crippen molar-refractivity contribution < 1.29 is 19.1 Å². The molecule has 0 aliphatic heterocycles. The molecule has 2 heterocycles. The zero-order valence-corrected chi connectivity index (χ0v) is 9.45. The highest BCUT2D eigenvalue weighted by Crippen LogP contribution is 2.17. The lowest BCUT2D eigenvalue weighted by molar-refractivity contribution is 0.0702. The van der Waals surface area contributed by atoms with E-state index in [2.05, 4.69) is 15.5 Å². The van der Waals surface area contributed by atoms with Crippen LogP contribution in [-0.4, -0.2) is 27.2 Å². The Hall–Kier alpha value is -2.22. The molecular weight excluding hydrogens is 246 g/mol. The van der Waals surface area contributed by atoms with Gasteiger partial charge in [0, 0.05) is 6.92 Å². The first-order valence-electron chi connectivity index (χ1n) is 4.51. The molecule has 0 aliphatic carbocycles. The summed E-state index contributed by atoms with van der Waals surface area (Å²) in [6, 6.07) is 2.77. The quantitative estimate of drug-likeness (QED) is 0.856. The number of thiophene rings is 1. The van der Waals surface area contributed by atoms with Gasteiger partial charge in [-0.1, -0.05) is 5.10 Å². The molecule has 0 bridgehead atoms. The number of carbonyl (C=O) groups is 2. The van der Waals surface area contributed by atoms with Gasteiger partial charge in [-0.15, -0.1) is 16.4 Å². The summed E-state index contributed by atoms with van der Waals surface area (Å²) >= 11 is 0.874. The lowest BCUT2D eigenvalue weighted by Gasteiger charge is -1.95. The number of hydrogen-bond donors (Lipinski definition) is 2. The molecule has 88 valence electrons. The summed E-state index contributed by atoms with van der Waals surface area (Å²) in [5.74, 6) is -1.22. The highest BCUT2D eigenvalue weighted by atomic mass is 32.1. The van der Waals surface area contributed by atoms with Crippen LogP contribution in [0.4, 0.5) is 6.01 Å². The Labute approximate surface area is 99.1 Å². The van der Waals surface area contributed by atoms with Crippen LogP contribution >= 0.6 is 11.3 Å². The molecule has 2 N–H and O–H groups in total. The number of amides is 1. The lowest BCUT2D eigenvalue weighted by atomic mass is 10.4. The molecule has 0 unspecified atom stereocenters. The maximum absolute atomic E-state index is 11.6. The number of carboxylic acid groups (broad SMARTS) is 1. The second kappa shape index (κ2) is 4.34. The molecule has 8 heteroatoms. The van der Waals surface area contributed by atoms with Crippen molar-refractivity contribution in [3.8, 4) is 0 Å². The van der Waals surface area contributed by atoms with E-state index in [4.69, 9.17) is 9.52 Å². The van der Waals surface area contributed by atoms with E-state index >= 15 is 0 Å². The number of aryl methyl sites for hydroxylation is 1. The summed E-state index contributed by atoms with van der Waals surface area (Å²) in [5.41, 5.74) is 0. The fraction of sp³-hybridized carbons (Fsp3) is 0.111. The van der Waals surface area contributed by atoms with E-state index in [-0.39, 0.29) is 15.8 Å². The Morgan fingerprint density at radius 3 is 2.59 bits per heavy atom. The molecule has 0 saturated carbocycles. The molecular formula is C9H7N3O4S. The maximum Gasteiger partial charge on any atom is 0.345 e. The van der Waals surface area contributed by atoms with Crippen LogP contribution in [-0.2, 0) is 0 Å². The molecule has 7 nitrogen and oxygen atoms in total. The molecule has 2 rings (SSSR count). The second-order valence-corrected chi connectivity index (χ2v) is 4.13. The van der Waals surface area contributed by atoms with Crippen LogP contribution in [0.2, 0.25) is 0 Å². The van der Waals surface area contributed by atoms with Crippen molar-refractivity contribution in [3.63, 3.8) is 0 Å². The third-order valence-corrected chi connectivity index (χ3v) is 2.86. The van der Waals surface area contributed by atoms with Crippen molar-refractivity contribution >= 4 is 29.2 Å². The van der Waals surface area contributed by atoms with Crippen LogP contribution < -0.4 is 5.32 Å². The first kappa shape index (κ1) is 11.3. The molecule has 1 amide bonds. The van der Waals surface area contributed by atoms with Crippen molar-refractivity contribution in [3.05, 3.63) is 27.8 Å². The van der Waals surface area contributed by atoms with Gasteiger partial charge in [0.1, 0.15) is 4.88 Å². The summed E-state index contributed by atoms with van der Waals surface area (Å²) in [6.45, 7) is 1.59. The highest BCUT2D eigenvalue weighted by Gasteiger charge is 2.14. The van der Waals surface area contributed by atoms with Gasteiger partial charge in [0.25, 0.3) is 5.91 Å². The topological polar surface area (TPSA) is 105 Å². The maximum atomic E-state index is 11.6. The number of nitrogens with one attached hydrogen (secondary N) is 1. The number of aromatic nitrogens is 2. The standard InChI is InChI=1S/C9H7N3O4S/c1-4-11-12-9(16-4)10-7(13)5-2-3-6(17-5)8(14)15/h2-3H,1H3,(H,14,15)(H,10,12,13). The summed E-state index contributed by atoms with van der Waals surface area (Å²) in [6.07, 6.45) is 0. The number of rotatable bonds is 3. The van der Waals surface area contributed by atoms with Crippen molar-refractivity contribution in [1.29, 1.82) is 0 Å². The minimum atomic E-state index is -1.07. The van der Waals surface area contributed by atoms with Crippen molar-refractivity contribution in [2.45, 2.75) is 6.92 Å². The van der Waals surface area contributed by atoms with Crippen LogP contribution in [0.25, 0.3) is 0 Å². The molecule has 0 aliphatic rings. The van der Waals surface area contributed by atoms with Gasteiger partial charge >= 0.3 is 12.0 Å². The third-order valence-electron chi connectivity index (χ3n) is 1.79. The van der Waals surface area contributed by atoms with Crippen molar-refractivity contribution in [2.24, 2.45) is 0 Å². The van der Waals surface area contributed by atoms with E-state index in [1.165, 1.54) is 12.1 Å². The van der Waals surface area contributed by atoms with Gasteiger partial charge < -0.3 is 9.52 Å². The zero-order valence-electron chi connectivity index (χ0n) is 8.63. The number of hydrogen-bond acceptors (Lipinski definition) is 6. The molecule has 2 aromatic rings. The van der Waals surface area contributed by atoms with Gasteiger partial charge in [-0.2, -0.15) is 0 Å². The fourth-order valence-electron chi connectivity index (χ4n) is 1.08. The van der Waals surface area contributed by atoms with E-state index in [0.717, 1.165) is 11.3 Å². The van der Waals surface area contributed by atoms with E-state index < -0.39 is 11.9 Å². The minimum absolute atomic E-state index is 0.0159. The molecule has 0 spiro atoms. The van der Waals surface area contributed by atoms with Crippen LogP contribution in [0.5, 0.6) is 0 Å². The van der Waals surface area contributed by atoms with Gasteiger partial charge in [-0.3, -0.25) is 10.1 Å². The van der Waals surface area contributed by atoms with Crippen molar-refractivity contribution in [2.75, 3.05) is 5.32 Å². The van der Waals surface area contributed by atoms with Gasteiger partial charge in [-0.05, 0) is 12.1 Å². The van der Waals surface area contributed by atoms with E-state index in [1.807, 2.05) is 0 Å². The zero-order chi connectivity index (χ0) is 12.4. The molecule has 0 atom stereocenters. The molecule has 0 fully saturated rings. The number of nitrogens with zero attached hydrogens (tertiary/aromatic N) is 2. The van der Waals surface area contributed by atoms with Crippen LogP contribution in [0.1, 0.15) is 25.2 Å². The normalized spacial score (nSPS) is 10.2. The summed E-state index contributed by atoms with van der Waals surface area (Å²) in [5, 5.41) is 18.2. The summed E-state index contributed by atoms with van der Waals surface area (Å²) in [4.78, 5) is 22.6. The van der Waals surface area contributed by atoms with Crippen molar-refractivity contribution in [1.82, 2.24) is 10.2 Å². The smallest absolute Gasteiger partial charge is 0.345 e. The van der Waals surface area contributed by atoms with E-state index in [1.54, 1.807) is 6.92 Å². The Bertz CT molecular complexity index is 574. The molecule has 0 saturated heterocycles. The average Bonchev–Trinajstić information content (AvgIpc) is 2.86. The molecule has 0 radical (unpaired) electrons. The van der Waals surface area contributed by atoms with Gasteiger partial charge in [-0.25, -0.2) is 4.79 Å². The molecule has 2 aromatic heterocycles. The minimum Gasteiger partial charge on any atom is -0.477 e. The number of carboxylic acids is 1. The van der Waals surface area contributed by atoms with Gasteiger partial charge in [0.05, 0.1) is 4.88 Å². The third kappa shape index (κ3) is 2.48. The van der Waals surface area contributed by atoms with Crippen LogP contribution in [0, 0.1) is 6.92 Å². The predicted molar refractivity (Wildman–Crippen MR) is 58.3 cm³/mol.